The Morgan fingerprint density at radius 2 is 2.25 bits per heavy atom. The minimum Gasteiger partial charge on any atom is -0.374 e. The molecule has 3 nitrogen and oxygen atoms in total. The van der Waals surface area contributed by atoms with Crippen molar-refractivity contribution in [2.45, 2.75) is 30.9 Å². The average molecular weight is 295 g/mol. The zero-order valence-electron chi connectivity index (χ0n) is 12.0. The van der Waals surface area contributed by atoms with Crippen molar-refractivity contribution >= 4 is 11.6 Å². The van der Waals surface area contributed by atoms with Gasteiger partial charge in [-0.1, -0.05) is 31.2 Å². The molecule has 1 fully saturated rings. The van der Waals surface area contributed by atoms with Crippen LogP contribution in [0.4, 0.5) is 0 Å². The van der Waals surface area contributed by atoms with Crippen LogP contribution in [0, 0.1) is 0 Å². The molecule has 110 valence electrons. The van der Waals surface area contributed by atoms with Crippen molar-refractivity contribution in [1.82, 2.24) is 10.2 Å². The second-order valence-corrected chi connectivity index (χ2v) is 6.25. The lowest BCUT2D eigenvalue weighted by Crippen LogP contribution is -2.47. The molecular formula is C16H23ClN2O. The van der Waals surface area contributed by atoms with Crippen molar-refractivity contribution in [3.05, 3.63) is 35.4 Å². The van der Waals surface area contributed by atoms with Crippen LogP contribution in [0.5, 0.6) is 0 Å². The van der Waals surface area contributed by atoms with Crippen LogP contribution in [0.3, 0.4) is 0 Å². The summed E-state index contributed by atoms with van der Waals surface area (Å²) in [6.45, 7) is 7.09. The first-order valence-electron chi connectivity index (χ1n) is 7.57. The van der Waals surface area contributed by atoms with Crippen molar-refractivity contribution in [2.24, 2.45) is 0 Å². The van der Waals surface area contributed by atoms with Crippen LogP contribution in [-0.4, -0.2) is 49.2 Å². The molecule has 4 heteroatoms. The third kappa shape index (κ3) is 3.01. The molecule has 0 radical (unpaired) electrons. The highest BCUT2D eigenvalue weighted by Gasteiger charge is 2.31. The highest BCUT2D eigenvalue weighted by atomic mass is 35.5. The fourth-order valence-electron chi connectivity index (χ4n) is 3.23. The van der Waals surface area contributed by atoms with E-state index in [1.54, 1.807) is 0 Å². The van der Waals surface area contributed by atoms with Gasteiger partial charge < -0.3 is 10.1 Å². The van der Waals surface area contributed by atoms with Crippen molar-refractivity contribution in [2.75, 3.05) is 32.8 Å². The first kappa shape index (κ1) is 14.3. The summed E-state index contributed by atoms with van der Waals surface area (Å²) in [5.41, 5.74) is 2.74. The SMILES string of the molecule is CCN1CCOC(CNC2c3ccccc3CC2Cl)C1. The molecular weight excluding hydrogens is 272 g/mol. The van der Waals surface area contributed by atoms with Gasteiger partial charge in [0.25, 0.3) is 0 Å². The molecule has 3 unspecified atom stereocenters. The lowest BCUT2D eigenvalue weighted by atomic mass is 10.1. The summed E-state index contributed by atoms with van der Waals surface area (Å²) >= 11 is 6.50. The second kappa shape index (κ2) is 6.44. The molecule has 1 heterocycles. The van der Waals surface area contributed by atoms with E-state index in [2.05, 4.69) is 41.4 Å². The largest absolute Gasteiger partial charge is 0.374 e. The van der Waals surface area contributed by atoms with E-state index < -0.39 is 0 Å². The molecule has 0 spiro atoms. The lowest BCUT2D eigenvalue weighted by molar-refractivity contribution is -0.0263. The summed E-state index contributed by atoms with van der Waals surface area (Å²) in [6.07, 6.45) is 1.24. The number of likely N-dealkylation sites (N-methyl/N-ethyl adjacent to an activating group) is 1. The zero-order chi connectivity index (χ0) is 13.9. The number of halogens is 1. The van der Waals surface area contributed by atoms with E-state index in [-0.39, 0.29) is 17.5 Å². The van der Waals surface area contributed by atoms with Crippen LogP contribution in [0.2, 0.25) is 0 Å². The highest BCUT2D eigenvalue weighted by molar-refractivity contribution is 6.21. The number of alkyl halides is 1. The minimum absolute atomic E-state index is 0.151. The van der Waals surface area contributed by atoms with Gasteiger partial charge in [0.1, 0.15) is 0 Å². The monoisotopic (exact) mass is 294 g/mol. The Labute approximate surface area is 126 Å². The molecule has 0 saturated carbocycles. The van der Waals surface area contributed by atoms with Gasteiger partial charge in [-0.3, -0.25) is 4.90 Å². The van der Waals surface area contributed by atoms with Crippen molar-refractivity contribution < 1.29 is 4.74 Å². The molecule has 1 aromatic rings. The van der Waals surface area contributed by atoms with Crippen LogP contribution in [0.1, 0.15) is 24.1 Å². The predicted octanol–water partition coefficient (Wildman–Crippen LogP) is 2.20. The smallest absolute Gasteiger partial charge is 0.0826 e. The highest BCUT2D eigenvalue weighted by Crippen LogP contribution is 2.34. The van der Waals surface area contributed by atoms with Gasteiger partial charge in [0, 0.05) is 25.7 Å². The Kier molecular flexibility index (Phi) is 4.61. The minimum atomic E-state index is 0.151. The normalized spacial score (nSPS) is 30.4. The first-order chi connectivity index (χ1) is 9.78. The van der Waals surface area contributed by atoms with Crippen LogP contribution in [0.25, 0.3) is 0 Å². The molecule has 0 bridgehead atoms. The van der Waals surface area contributed by atoms with E-state index in [1.165, 1.54) is 11.1 Å². The van der Waals surface area contributed by atoms with E-state index in [9.17, 15) is 0 Å². The maximum absolute atomic E-state index is 6.50. The van der Waals surface area contributed by atoms with E-state index in [4.69, 9.17) is 16.3 Å². The van der Waals surface area contributed by atoms with Gasteiger partial charge in [0.05, 0.1) is 18.1 Å². The number of hydrogen-bond acceptors (Lipinski definition) is 3. The van der Waals surface area contributed by atoms with Gasteiger partial charge in [-0.15, -0.1) is 11.6 Å². The van der Waals surface area contributed by atoms with E-state index in [0.717, 1.165) is 39.2 Å². The summed E-state index contributed by atoms with van der Waals surface area (Å²) < 4.78 is 5.85. The quantitative estimate of drug-likeness (QED) is 0.862. The van der Waals surface area contributed by atoms with Gasteiger partial charge in [-0.2, -0.15) is 0 Å². The number of hydrogen-bond donors (Lipinski definition) is 1. The van der Waals surface area contributed by atoms with Crippen molar-refractivity contribution in [1.29, 1.82) is 0 Å². The zero-order valence-corrected chi connectivity index (χ0v) is 12.8. The van der Waals surface area contributed by atoms with Crippen LogP contribution < -0.4 is 5.32 Å². The number of nitrogens with zero attached hydrogens (tertiary/aromatic N) is 1. The maximum Gasteiger partial charge on any atom is 0.0826 e. The molecule has 3 rings (SSSR count). The summed E-state index contributed by atoms with van der Waals surface area (Å²) in [5, 5.41) is 3.77. The van der Waals surface area contributed by atoms with Crippen LogP contribution in [-0.2, 0) is 11.2 Å². The van der Waals surface area contributed by atoms with Gasteiger partial charge in [0.15, 0.2) is 0 Å². The fraction of sp³-hybridized carbons (Fsp3) is 0.625. The van der Waals surface area contributed by atoms with Gasteiger partial charge in [0.2, 0.25) is 0 Å². The number of nitrogens with one attached hydrogen (secondary N) is 1. The molecule has 1 aliphatic carbocycles. The number of morpholine rings is 1. The Morgan fingerprint density at radius 3 is 3.10 bits per heavy atom. The summed E-state index contributed by atoms with van der Waals surface area (Å²) in [6, 6.07) is 8.82. The number of fused-ring (bicyclic) bond motifs is 1. The van der Waals surface area contributed by atoms with Gasteiger partial charge in [-0.05, 0) is 24.1 Å². The Balaban J connectivity index is 1.58. The van der Waals surface area contributed by atoms with Crippen molar-refractivity contribution in [3.63, 3.8) is 0 Å². The molecule has 0 aromatic heterocycles. The second-order valence-electron chi connectivity index (χ2n) is 5.69. The molecule has 2 aliphatic rings. The third-order valence-electron chi connectivity index (χ3n) is 4.40. The van der Waals surface area contributed by atoms with Crippen molar-refractivity contribution in [3.8, 4) is 0 Å². The van der Waals surface area contributed by atoms with E-state index in [0.29, 0.717) is 0 Å². The standard InChI is InChI=1S/C16H23ClN2O/c1-2-19-7-8-20-13(11-19)10-18-16-14-6-4-3-5-12(14)9-15(16)17/h3-6,13,15-16,18H,2,7-11H2,1H3. The van der Waals surface area contributed by atoms with E-state index in [1.807, 2.05) is 0 Å². The Morgan fingerprint density at radius 1 is 1.40 bits per heavy atom. The number of ether oxygens (including phenoxy) is 1. The molecule has 1 aromatic carbocycles. The van der Waals surface area contributed by atoms with Crippen LogP contribution in [0.15, 0.2) is 24.3 Å². The Bertz CT molecular complexity index is 454. The first-order valence-corrected chi connectivity index (χ1v) is 8.00. The molecule has 20 heavy (non-hydrogen) atoms. The van der Waals surface area contributed by atoms with E-state index >= 15 is 0 Å². The fourth-order valence-corrected chi connectivity index (χ4v) is 3.62. The Hall–Kier alpha value is -0.610. The maximum atomic E-state index is 6.50. The van der Waals surface area contributed by atoms with Gasteiger partial charge >= 0.3 is 0 Å². The molecule has 1 aliphatic heterocycles. The summed E-state index contributed by atoms with van der Waals surface area (Å²) in [4.78, 5) is 2.44. The third-order valence-corrected chi connectivity index (χ3v) is 4.81. The number of rotatable bonds is 4. The molecule has 1 saturated heterocycles. The number of benzene rings is 1. The summed E-state index contributed by atoms with van der Waals surface area (Å²) in [7, 11) is 0. The average Bonchev–Trinajstić information content (AvgIpc) is 2.81. The molecule has 1 N–H and O–H groups in total. The molecule has 0 amide bonds. The predicted molar refractivity (Wildman–Crippen MR) is 82.4 cm³/mol. The van der Waals surface area contributed by atoms with Crippen LogP contribution >= 0.6 is 11.6 Å². The summed E-state index contributed by atoms with van der Waals surface area (Å²) in [5.74, 6) is 0. The molecule has 3 atom stereocenters. The lowest BCUT2D eigenvalue weighted by Gasteiger charge is -2.33. The topological polar surface area (TPSA) is 24.5 Å². The van der Waals surface area contributed by atoms with Gasteiger partial charge in [-0.25, -0.2) is 0 Å².